The van der Waals surface area contributed by atoms with E-state index in [1.807, 2.05) is 30.3 Å². The maximum atomic E-state index is 10.9. The normalized spacial score (nSPS) is 20.1. The van der Waals surface area contributed by atoms with Crippen molar-refractivity contribution in [3.05, 3.63) is 42.1 Å². The highest BCUT2D eigenvalue weighted by Gasteiger charge is 2.34. The van der Waals surface area contributed by atoms with Gasteiger partial charge in [0.2, 0.25) is 0 Å². The van der Waals surface area contributed by atoms with Gasteiger partial charge in [0.1, 0.15) is 0 Å². The molecule has 3 rings (SSSR count). The standard InChI is InChI=1S/C15H18N2O/c1-17-10-7-15(18,8-11-17)13-6-2-4-12-5-3-9-16-14(12)13/h2-6,9,18H,7-8,10-11H2,1H3. The number of aliphatic hydroxyl groups is 1. The van der Waals surface area contributed by atoms with E-state index in [9.17, 15) is 5.11 Å². The molecular formula is C15H18N2O. The molecule has 18 heavy (non-hydrogen) atoms. The summed E-state index contributed by atoms with van der Waals surface area (Å²) in [6.45, 7) is 1.86. The molecule has 0 radical (unpaired) electrons. The molecule has 1 saturated heterocycles. The van der Waals surface area contributed by atoms with Crippen LogP contribution in [-0.2, 0) is 5.60 Å². The van der Waals surface area contributed by atoms with Crippen molar-refractivity contribution in [2.24, 2.45) is 0 Å². The molecule has 2 aromatic rings. The molecule has 94 valence electrons. The summed E-state index contributed by atoms with van der Waals surface area (Å²) in [5, 5.41) is 12.0. The Labute approximate surface area is 107 Å². The Balaban J connectivity index is 2.08. The Morgan fingerprint density at radius 2 is 1.89 bits per heavy atom. The zero-order valence-electron chi connectivity index (χ0n) is 10.6. The second kappa shape index (κ2) is 4.34. The predicted octanol–water partition coefficient (Wildman–Crippen LogP) is 2.15. The van der Waals surface area contributed by atoms with Crippen molar-refractivity contribution in [3.8, 4) is 0 Å². The Hall–Kier alpha value is -1.45. The lowest BCUT2D eigenvalue weighted by molar-refractivity contribution is -0.0192. The van der Waals surface area contributed by atoms with Crippen molar-refractivity contribution in [1.29, 1.82) is 0 Å². The molecule has 2 heterocycles. The van der Waals surface area contributed by atoms with Crippen LogP contribution < -0.4 is 0 Å². The number of likely N-dealkylation sites (tertiary alicyclic amines) is 1. The highest BCUT2D eigenvalue weighted by molar-refractivity contribution is 5.82. The predicted molar refractivity (Wildman–Crippen MR) is 72.4 cm³/mol. The quantitative estimate of drug-likeness (QED) is 0.832. The van der Waals surface area contributed by atoms with E-state index in [-0.39, 0.29) is 0 Å². The molecule has 3 nitrogen and oxygen atoms in total. The monoisotopic (exact) mass is 242 g/mol. The number of pyridine rings is 1. The minimum atomic E-state index is -0.722. The van der Waals surface area contributed by atoms with Gasteiger partial charge in [0.15, 0.2) is 0 Å². The average molecular weight is 242 g/mol. The van der Waals surface area contributed by atoms with Crippen LogP contribution in [-0.4, -0.2) is 35.1 Å². The number of benzene rings is 1. The molecule has 0 bridgehead atoms. The molecule has 3 heteroatoms. The number of hydrogen-bond donors (Lipinski definition) is 1. The fourth-order valence-corrected chi connectivity index (χ4v) is 2.74. The highest BCUT2D eigenvalue weighted by Crippen LogP contribution is 2.35. The second-order valence-corrected chi connectivity index (χ2v) is 5.22. The fourth-order valence-electron chi connectivity index (χ4n) is 2.74. The molecule has 0 atom stereocenters. The molecule has 1 aliphatic heterocycles. The van der Waals surface area contributed by atoms with Crippen molar-refractivity contribution in [3.63, 3.8) is 0 Å². The molecule has 1 fully saturated rings. The molecule has 0 spiro atoms. The Bertz CT molecular complexity index is 554. The Morgan fingerprint density at radius 1 is 1.17 bits per heavy atom. The van der Waals surface area contributed by atoms with Crippen LogP contribution in [0.3, 0.4) is 0 Å². The fraction of sp³-hybridized carbons (Fsp3) is 0.400. The average Bonchev–Trinajstić information content (AvgIpc) is 2.42. The van der Waals surface area contributed by atoms with E-state index in [1.165, 1.54) is 0 Å². The van der Waals surface area contributed by atoms with Gasteiger partial charge in [-0.15, -0.1) is 0 Å². The summed E-state index contributed by atoms with van der Waals surface area (Å²) in [4.78, 5) is 6.70. The number of hydrogen-bond acceptors (Lipinski definition) is 3. The van der Waals surface area contributed by atoms with E-state index in [1.54, 1.807) is 6.20 Å². The largest absolute Gasteiger partial charge is 0.385 e. The second-order valence-electron chi connectivity index (χ2n) is 5.22. The summed E-state index contributed by atoms with van der Waals surface area (Å²) in [6.07, 6.45) is 3.35. The summed E-state index contributed by atoms with van der Waals surface area (Å²) in [7, 11) is 2.10. The maximum absolute atomic E-state index is 10.9. The number of para-hydroxylation sites is 1. The van der Waals surface area contributed by atoms with Crippen LogP contribution in [0, 0.1) is 0 Å². The first kappa shape index (κ1) is 11.6. The van der Waals surface area contributed by atoms with E-state index in [0.29, 0.717) is 0 Å². The Morgan fingerprint density at radius 3 is 2.67 bits per heavy atom. The minimum Gasteiger partial charge on any atom is -0.385 e. The zero-order chi connectivity index (χ0) is 12.6. The highest BCUT2D eigenvalue weighted by atomic mass is 16.3. The van der Waals surface area contributed by atoms with Gasteiger partial charge in [0.25, 0.3) is 0 Å². The van der Waals surface area contributed by atoms with Crippen LogP contribution in [0.1, 0.15) is 18.4 Å². The SMILES string of the molecule is CN1CCC(O)(c2cccc3cccnc23)CC1. The molecule has 0 amide bonds. The third-order valence-electron chi connectivity index (χ3n) is 3.95. The van der Waals surface area contributed by atoms with Gasteiger partial charge in [-0.3, -0.25) is 4.98 Å². The van der Waals surface area contributed by atoms with E-state index < -0.39 is 5.60 Å². The van der Waals surface area contributed by atoms with Crippen LogP contribution in [0.15, 0.2) is 36.5 Å². The number of nitrogens with zero attached hydrogens (tertiary/aromatic N) is 2. The number of piperidine rings is 1. The topological polar surface area (TPSA) is 36.4 Å². The van der Waals surface area contributed by atoms with Crippen molar-refractivity contribution < 1.29 is 5.11 Å². The van der Waals surface area contributed by atoms with Crippen molar-refractivity contribution in [1.82, 2.24) is 9.88 Å². The first-order valence-corrected chi connectivity index (χ1v) is 6.44. The molecule has 0 unspecified atom stereocenters. The first-order valence-electron chi connectivity index (χ1n) is 6.44. The van der Waals surface area contributed by atoms with Crippen molar-refractivity contribution in [2.75, 3.05) is 20.1 Å². The van der Waals surface area contributed by atoms with Gasteiger partial charge in [0.05, 0.1) is 11.1 Å². The molecule has 1 aromatic heterocycles. The maximum Gasteiger partial charge on any atom is 0.0941 e. The van der Waals surface area contributed by atoms with E-state index in [2.05, 4.69) is 16.9 Å². The van der Waals surface area contributed by atoms with E-state index >= 15 is 0 Å². The summed E-state index contributed by atoms with van der Waals surface area (Å²) < 4.78 is 0. The molecule has 1 N–H and O–H groups in total. The number of aromatic nitrogens is 1. The number of fused-ring (bicyclic) bond motifs is 1. The minimum absolute atomic E-state index is 0.722. The molecular weight excluding hydrogens is 224 g/mol. The lowest BCUT2D eigenvalue weighted by Crippen LogP contribution is -2.40. The van der Waals surface area contributed by atoms with Gasteiger partial charge in [-0.05, 0) is 26.0 Å². The first-order chi connectivity index (χ1) is 8.69. The molecule has 1 aromatic carbocycles. The van der Waals surface area contributed by atoms with E-state index in [0.717, 1.165) is 42.4 Å². The third-order valence-corrected chi connectivity index (χ3v) is 3.95. The third kappa shape index (κ3) is 1.89. The Kier molecular flexibility index (Phi) is 2.80. The van der Waals surface area contributed by atoms with Crippen LogP contribution in [0.5, 0.6) is 0 Å². The van der Waals surface area contributed by atoms with Crippen molar-refractivity contribution in [2.45, 2.75) is 18.4 Å². The van der Waals surface area contributed by atoms with Gasteiger partial charge in [-0.1, -0.05) is 24.3 Å². The van der Waals surface area contributed by atoms with Gasteiger partial charge < -0.3 is 10.0 Å². The zero-order valence-corrected chi connectivity index (χ0v) is 10.6. The molecule has 0 aliphatic carbocycles. The van der Waals surface area contributed by atoms with E-state index in [4.69, 9.17) is 0 Å². The van der Waals surface area contributed by atoms with Crippen LogP contribution >= 0.6 is 0 Å². The van der Waals surface area contributed by atoms with Crippen LogP contribution in [0.2, 0.25) is 0 Å². The van der Waals surface area contributed by atoms with Gasteiger partial charge in [0, 0.05) is 30.2 Å². The molecule has 0 saturated carbocycles. The van der Waals surface area contributed by atoms with Gasteiger partial charge in [-0.25, -0.2) is 0 Å². The summed E-state index contributed by atoms with van der Waals surface area (Å²) in [6, 6.07) is 10.1. The van der Waals surface area contributed by atoms with Gasteiger partial charge >= 0.3 is 0 Å². The van der Waals surface area contributed by atoms with Gasteiger partial charge in [-0.2, -0.15) is 0 Å². The lowest BCUT2D eigenvalue weighted by Gasteiger charge is -2.37. The molecule has 1 aliphatic rings. The summed E-state index contributed by atoms with van der Waals surface area (Å²) in [5.41, 5.74) is 1.20. The van der Waals surface area contributed by atoms with Crippen LogP contribution in [0.4, 0.5) is 0 Å². The van der Waals surface area contributed by atoms with Crippen molar-refractivity contribution >= 4 is 10.9 Å². The lowest BCUT2D eigenvalue weighted by atomic mass is 9.83. The van der Waals surface area contributed by atoms with Crippen LogP contribution in [0.25, 0.3) is 10.9 Å². The number of rotatable bonds is 1. The smallest absolute Gasteiger partial charge is 0.0941 e. The summed E-state index contributed by atoms with van der Waals surface area (Å²) in [5.74, 6) is 0. The summed E-state index contributed by atoms with van der Waals surface area (Å²) >= 11 is 0.